The maximum Gasteiger partial charge on any atom is 0.267 e. The van der Waals surface area contributed by atoms with Crippen LogP contribution in [0.1, 0.15) is 44.2 Å². The number of carbonyl (C=O) groups excluding carboxylic acids is 1. The molecule has 0 unspecified atom stereocenters. The van der Waals surface area contributed by atoms with Crippen LogP contribution in [0.3, 0.4) is 0 Å². The summed E-state index contributed by atoms with van der Waals surface area (Å²) in [5.41, 5.74) is 1.91. The molecule has 1 aliphatic carbocycles. The summed E-state index contributed by atoms with van der Waals surface area (Å²) in [5, 5.41) is 11.3. The minimum Gasteiger partial charge on any atom is -0.323 e. The summed E-state index contributed by atoms with van der Waals surface area (Å²) in [5.74, 6) is 0.810. The first-order valence-corrected chi connectivity index (χ1v) is 9.26. The number of carbonyl (C=O) groups is 1. The Bertz CT molecular complexity index is 1020. The highest BCUT2D eigenvalue weighted by molar-refractivity contribution is 5.90. The lowest BCUT2D eigenvalue weighted by molar-refractivity contribution is -0.117. The Morgan fingerprint density at radius 1 is 1.19 bits per heavy atom. The Morgan fingerprint density at radius 2 is 2.00 bits per heavy atom. The molecule has 1 amide bonds. The van der Waals surface area contributed by atoms with E-state index in [9.17, 15) is 9.59 Å². The van der Waals surface area contributed by atoms with Gasteiger partial charge >= 0.3 is 0 Å². The number of rotatable bonds is 4. The molecule has 3 heterocycles. The molecule has 0 aliphatic heterocycles. The van der Waals surface area contributed by atoms with Gasteiger partial charge in [-0.15, -0.1) is 0 Å². The van der Waals surface area contributed by atoms with Gasteiger partial charge in [0.25, 0.3) is 5.56 Å². The second kappa shape index (κ2) is 7.30. The van der Waals surface area contributed by atoms with E-state index >= 15 is 0 Å². The van der Waals surface area contributed by atoms with E-state index in [1.165, 1.54) is 29.9 Å². The summed E-state index contributed by atoms with van der Waals surface area (Å²) < 4.78 is 2.82. The molecule has 1 N–H and O–H groups in total. The van der Waals surface area contributed by atoms with E-state index in [0.29, 0.717) is 17.3 Å². The molecular formula is C19H22N6O2. The highest BCUT2D eigenvalue weighted by Crippen LogP contribution is 2.34. The number of hydrogen-bond donors (Lipinski definition) is 1. The fourth-order valence-electron chi connectivity index (χ4n) is 3.58. The first kappa shape index (κ1) is 17.4. The molecular weight excluding hydrogens is 344 g/mol. The zero-order valence-corrected chi connectivity index (χ0v) is 15.2. The molecule has 0 saturated heterocycles. The lowest BCUT2D eigenvalue weighted by Gasteiger charge is -2.25. The molecule has 3 aromatic rings. The molecule has 8 nitrogen and oxygen atoms in total. The summed E-state index contributed by atoms with van der Waals surface area (Å²) >= 11 is 0. The number of aromatic nitrogens is 5. The van der Waals surface area contributed by atoms with Gasteiger partial charge < -0.3 is 5.32 Å². The van der Waals surface area contributed by atoms with Gasteiger partial charge in [0.2, 0.25) is 5.91 Å². The molecule has 3 aromatic heterocycles. The monoisotopic (exact) mass is 366 g/mol. The highest BCUT2D eigenvalue weighted by Gasteiger charge is 2.21. The first-order chi connectivity index (χ1) is 13.1. The molecule has 1 fully saturated rings. The SMILES string of the molecule is CC1CCC(c2ccc(=O)n(CC(=O)Nc3ccc4ncnn4c3)n2)CC1. The minimum absolute atomic E-state index is 0.120. The average Bonchev–Trinajstić information content (AvgIpc) is 3.12. The van der Waals surface area contributed by atoms with Gasteiger partial charge in [0.05, 0.1) is 17.6 Å². The maximum atomic E-state index is 12.4. The predicted octanol–water partition coefficient (Wildman–Crippen LogP) is 2.22. The van der Waals surface area contributed by atoms with Crippen molar-refractivity contribution in [2.45, 2.75) is 45.1 Å². The molecule has 1 aliphatic rings. The van der Waals surface area contributed by atoms with E-state index < -0.39 is 0 Å². The summed E-state index contributed by atoms with van der Waals surface area (Å²) in [7, 11) is 0. The molecule has 0 spiro atoms. The van der Waals surface area contributed by atoms with Crippen molar-refractivity contribution in [1.82, 2.24) is 24.4 Å². The van der Waals surface area contributed by atoms with E-state index in [2.05, 4.69) is 27.4 Å². The third-order valence-electron chi connectivity index (χ3n) is 5.17. The van der Waals surface area contributed by atoms with Crippen LogP contribution >= 0.6 is 0 Å². The normalized spacial score (nSPS) is 19.9. The lowest BCUT2D eigenvalue weighted by Crippen LogP contribution is -2.30. The Hall–Kier alpha value is -3.03. The molecule has 0 bridgehead atoms. The van der Waals surface area contributed by atoms with E-state index in [1.54, 1.807) is 28.9 Å². The van der Waals surface area contributed by atoms with Crippen LogP contribution in [-0.4, -0.2) is 30.3 Å². The number of anilines is 1. The number of hydrogen-bond acceptors (Lipinski definition) is 5. The van der Waals surface area contributed by atoms with Gasteiger partial charge in [-0.25, -0.2) is 14.2 Å². The highest BCUT2D eigenvalue weighted by atomic mass is 16.2. The minimum atomic E-state index is -0.307. The average molecular weight is 366 g/mol. The van der Waals surface area contributed by atoms with Crippen molar-refractivity contribution in [1.29, 1.82) is 0 Å². The Morgan fingerprint density at radius 3 is 2.81 bits per heavy atom. The van der Waals surface area contributed by atoms with Gasteiger partial charge in [0.15, 0.2) is 5.65 Å². The second-order valence-corrected chi connectivity index (χ2v) is 7.24. The molecule has 0 aromatic carbocycles. The molecule has 140 valence electrons. The van der Waals surface area contributed by atoms with Crippen LogP contribution in [-0.2, 0) is 11.3 Å². The van der Waals surface area contributed by atoms with E-state index in [1.807, 2.05) is 0 Å². The zero-order chi connectivity index (χ0) is 18.8. The Labute approximate surface area is 156 Å². The quantitative estimate of drug-likeness (QED) is 0.764. The topological polar surface area (TPSA) is 94.2 Å². The number of nitrogens with zero attached hydrogens (tertiary/aromatic N) is 5. The molecule has 27 heavy (non-hydrogen) atoms. The van der Waals surface area contributed by atoms with E-state index in [0.717, 1.165) is 24.5 Å². The van der Waals surface area contributed by atoms with Crippen LogP contribution in [0.25, 0.3) is 5.65 Å². The van der Waals surface area contributed by atoms with Crippen molar-refractivity contribution in [2.24, 2.45) is 5.92 Å². The number of nitrogens with one attached hydrogen (secondary N) is 1. The first-order valence-electron chi connectivity index (χ1n) is 9.26. The van der Waals surface area contributed by atoms with Crippen molar-refractivity contribution in [3.8, 4) is 0 Å². The van der Waals surface area contributed by atoms with Crippen molar-refractivity contribution in [2.75, 3.05) is 5.32 Å². The molecule has 0 radical (unpaired) electrons. The van der Waals surface area contributed by atoms with Gasteiger partial charge in [-0.1, -0.05) is 19.8 Å². The lowest BCUT2D eigenvalue weighted by atomic mass is 9.81. The van der Waals surface area contributed by atoms with Crippen LogP contribution < -0.4 is 10.9 Å². The largest absolute Gasteiger partial charge is 0.323 e. The molecule has 8 heteroatoms. The van der Waals surface area contributed by atoms with Crippen LogP contribution in [0, 0.1) is 5.92 Å². The number of amides is 1. The smallest absolute Gasteiger partial charge is 0.267 e. The zero-order valence-electron chi connectivity index (χ0n) is 15.2. The van der Waals surface area contributed by atoms with Crippen LogP contribution in [0.15, 0.2) is 41.6 Å². The summed E-state index contributed by atoms with van der Waals surface area (Å²) in [6.07, 6.45) is 7.64. The van der Waals surface area contributed by atoms with Crippen molar-refractivity contribution in [3.63, 3.8) is 0 Å². The third-order valence-corrected chi connectivity index (χ3v) is 5.17. The molecule has 0 atom stereocenters. The number of fused-ring (bicyclic) bond motifs is 1. The van der Waals surface area contributed by atoms with Gasteiger partial charge in [0, 0.05) is 12.0 Å². The summed E-state index contributed by atoms with van der Waals surface area (Å²) in [6.45, 7) is 2.15. The Balaban J connectivity index is 1.47. The fraction of sp³-hybridized carbons (Fsp3) is 0.421. The van der Waals surface area contributed by atoms with Crippen molar-refractivity contribution < 1.29 is 4.79 Å². The van der Waals surface area contributed by atoms with Gasteiger partial charge in [-0.05, 0) is 37.0 Å². The van der Waals surface area contributed by atoms with Gasteiger partial charge in [-0.2, -0.15) is 10.2 Å². The third kappa shape index (κ3) is 3.89. The predicted molar refractivity (Wildman–Crippen MR) is 100 cm³/mol. The molecule has 4 rings (SSSR count). The standard InChI is InChI=1S/C19H22N6O2/c1-13-2-4-14(5-3-13)16-7-9-19(27)25(23-16)11-18(26)22-15-6-8-17-20-12-21-24(17)10-15/h6-10,12-14H,2-5,11H2,1H3,(H,22,26). The van der Waals surface area contributed by atoms with Gasteiger partial charge in [-0.3, -0.25) is 9.59 Å². The van der Waals surface area contributed by atoms with Crippen molar-refractivity contribution in [3.05, 3.63) is 52.8 Å². The van der Waals surface area contributed by atoms with Crippen LogP contribution in [0.5, 0.6) is 0 Å². The Kier molecular flexibility index (Phi) is 4.70. The van der Waals surface area contributed by atoms with E-state index in [-0.39, 0.29) is 18.0 Å². The number of pyridine rings is 1. The second-order valence-electron chi connectivity index (χ2n) is 7.24. The van der Waals surface area contributed by atoms with Crippen LogP contribution in [0.4, 0.5) is 5.69 Å². The van der Waals surface area contributed by atoms with Gasteiger partial charge in [0.1, 0.15) is 12.9 Å². The van der Waals surface area contributed by atoms with Crippen LogP contribution in [0.2, 0.25) is 0 Å². The summed E-state index contributed by atoms with van der Waals surface area (Å²) in [4.78, 5) is 28.6. The maximum absolute atomic E-state index is 12.4. The summed E-state index contributed by atoms with van der Waals surface area (Å²) in [6, 6.07) is 6.82. The van der Waals surface area contributed by atoms with E-state index in [4.69, 9.17) is 0 Å². The fourth-order valence-corrected chi connectivity index (χ4v) is 3.58. The molecule has 1 saturated carbocycles. The van der Waals surface area contributed by atoms with Crippen molar-refractivity contribution >= 4 is 17.2 Å².